The zero-order valence-electron chi connectivity index (χ0n) is 10.9. The Kier molecular flexibility index (Phi) is 3.44. The van der Waals surface area contributed by atoms with Crippen molar-refractivity contribution in [2.45, 2.75) is 44.6 Å². The molecule has 3 nitrogen and oxygen atoms in total. The first-order valence-corrected chi connectivity index (χ1v) is 6.47. The van der Waals surface area contributed by atoms with Crippen molar-refractivity contribution in [1.29, 1.82) is 0 Å². The first-order valence-electron chi connectivity index (χ1n) is 6.47. The number of hydrogen-bond acceptors (Lipinski definition) is 2. The molecule has 1 atom stereocenters. The smallest absolute Gasteiger partial charge is 0.314 e. The number of hydrogen-bond donors (Lipinski definition) is 2. The van der Waals surface area contributed by atoms with Crippen molar-refractivity contribution < 1.29 is 15.0 Å². The summed E-state index contributed by atoms with van der Waals surface area (Å²) < 4.78 is 0. The van der Waals surface area contributed by atoms with Gasteiger partial charge in [0.25, 0.3) is 0 Å². The van der Waals surface area contributed by atoms with Crippen LogP contribution in [0.3, 0.4) is 0 Å². The number of aliphatic carboxylic acids is 1. The lowest BCUT2D eigenvalue weighted by molar-refractivity contribution is -0.140. The fraction of sp³-hybridized carbons (Fsp3) is 0.533. The molecule has 0 amide bonds. The van der Waals surface area contributed by atoms with Gasteiger partial charge in [0.05, 0.1) is 11.5 Å². The van der Waals surface area contributed by atoms with Crippen LogP contribution in [0.1, 0.15) is 50.3 Å². The molecule has 1 aromatic rings. The third-order valence-corrected chi connectivity index (χ3v) is 3.68. The summed E-state index contributed by atoms with van der Waals surface area (Å²) in [6.45, 7) is 4.12. The lowest BCUT2D eigenvalue weighted by Gasteiger charge is -2.16. The second-order valence-electron chi connectivity index (χ2n) is 5.66. The van der Waals surface area contributed by atoms with E-state index >= 15 is 0 Å². The molecule has 0 bridgehead atoms. The van der Waals surface area contributed by atoms with Crippen LogP contribution in [0, 0.1) is 5.92 Å². The molecule has 18 heavy (non-hydrogen) atoms. The van der Waals surface area contributed by atoms with Crippen LogP contribution in [0.4, 0.5) is 0 Å². The van der Waals surface area contributed by atoms with E-state index < -0.39 is 17.5 Å². The van der Waals surface area contributed by atoms with Gasteiger partial charge in [0, 0.05) is 0 Å². The molecule has 1 aliphatic carbocycles. The van der Waals surface area contributed by atoms with Crippen molar-refractivity contribution in [2.24, 2.45) is 5.92 Å². The summed E-state index contributed by atoms with van der Waals surface area (Å²) in [6.07, 6.45) is 1.59. The summed E-state index contributed by atoms with van der Waals surface area (Å²) in [7, 11) is 0. The quantitative estimate of drug-likeness (QED) is 0.842. The molecule has 98 valence electrons. The molecule has 1 fully saturated rings. The molecule has 0 radical (unpaired) electrons. The minimum Gasteiger partial charge on any atom is -0.481 e. The molecule has 0 aliphatic heterocycles. The van der Waals surface area contributed by atoms with E-state index in [0.29, 0.717) is 25.2 Å². The topological polar surface area (TPSA) is 57.5 Å². The highest BCUT2D eigenvalue weighted by Gasteiger charge is 2.51. The van der Waals surface area contributed by atoms with Crippen molar-refractivity contribution in [3.63, 3.8) is 0 Å². The van der Waals surface area contributed by atoms with Crippen LogP contribution < -0.4 is 0 Å². The Labute approximate surface area is 107 Å². The third kappa shape index (κ3) is 2.41. The largest absolute Gasteiger partial charge is 0.481 e. The van der Waals surface area contributed by atoms with Gasteiger partial charge in [0.15, 0.2) is 0 Å². The van der Waals surface area contributed by atoms with Gasteiger partial charge >= 0.3 is 5.97 Å². The van der Waals surface area contributed by atoms with Gasteiger partial charge < -0.3 is 10.2 Å². The highest BCUT2D eigenvalue weighted by atomic mass is 16.4. The number of aliphatic hydroxyl groups is 1. The summed E-state index contributed by atoms with van der Waals surface area (Å²) in [5.74, 6) is -0.337. The molecule has 1 aromatic carbocycles. The first kappa shape index (κ1) is 13.1. The van der Waals surface area contributed by atoms with Gasteiger partial charge in [-0.15, -0.1) is 0 Å². The van der Waals surface area contributed by atoms with E-state index in [0.717, 1.165) is 11.1 Å². The summed E-state index contributed by atoms with van der Waals surface area (Å²) in [4.78, 5) is 11.3. The standard InChI is InChI=1S/C15H20O3/c1-10(2)8-13(16)11-4-3-5-12(9-11)15(6-7-15)14(17)18/h3-5,9-10,13,16H,6-8H2,1-2H3,(H,17,18). The fourth-order valence-electron chi connectivity index (χ4n) is 2.38. The SMILES string of the molecule is CC(C)CC(O)c1cccc(C2(C(=O)O)CC2)c1. The Morgan fingerprint density at radius 1 is 1.39 bits per heavy atom. The highest BCUT2D eigenvalue weighted by molar-refractivity contribution is 5.84. The lowest BCUT2D eigenvalue weighted by Crippen LogP contribution is -2.19. The van der Waals surface area contributed by atoms with Crippen LogP contribution in [-0.2, 0) is 10.2 Å². The van der Waals surface area contributed by atoms with Crippen molar-refractivity contribution in [2.75, 3.05) is 0 Å². The monoisotopic (exact) mass is 248 g/mol. The van der Waals surface area contributed by atoms with Crippen LogP contribution in [0.2, 0.25) is 0 Å². The minimum absolute atomic E-state index is 0.415. The molecular weight excluding hydrogens is 228 g/mol. The second kappa shape index (κ2) is 4.73. The molecule has 2 N–H and O–H groups in total. The summed E-state index contributed by atoms with van der Waals surface area (Å²) in [6, 6.07) is 7.42. The number of carboxylic acid groups (broad SMARTS) is 1. The molecule has 3 heteroatoms. The molecule has 1 aliphatic rings. The molecule has 2 rings (SSSR count). The number of carboxylic acids is 1. The molecular formula is C15H20O3. The first-order chi connectivity index (χ1) is 8.45. The molecule has 0 heterocycles. The molecule has 1 unspecified atom stereocenters. The van der Waals surface area contributed by atoms with Gasteiger partial charge in [-0.1, -0.05) is 38.1 Å². The van der Waals surface area contributed by atoms with E-state index in [1.807, 2.05) is 24.3 Å². The van der Waals surface area contributed by atoms with Crippen molar-refractivity contribution in [1.82, 2.24) is 0 Å². The normalized spacial score (nSPS) is 18.7. The van der Waals surface area contributed by atoms with Gasteiger partial charge in [0.1, 0.15) is 0 Å². The maximum Gasteiger partial charge on any atom is 0.314 e. The van der Waals surface area contributed by atoms with Gasteiger partial charge in [0.2, 0.25) is 0 Å². The van der Waals surface area contributed by atoms with Crippen LogP contribution in [0.25, 0.3) is 0 Å². The zero-order valence-corrected chi connectivity index (χ0v) is 10.9. The van der Waals surface area contributed by atoms with E-state index in [1.54, 1.807) is 0 Å². The van der Waals surface area contributed by atoms with Gasteiger partial charge in [-0.2, -0.15) is 0 Å². The van der Waals surface area contributed by atoms with Gasteiger partial charge in [-0.25, -0.2) is 0 Å². The lowest BCUT2D eigenvalue weighted by atomic mass is 9.91. The molecule has 1 saturated carbocycles. The Morgan fingerprint density at radius 2 is 2.06 bits per heavy atom. The van der Waals surface area contributed by atoms with E-state index in [-0.39, 0.29) is 0 Å². The Balaban J connectivity index is 2.23. The average molecular weight is 248 g/mol. The van der Waals surface area contributed by atoms with Crippen LogP contribution in [0.15, 0.2) is 24.3 Å². The predicted molar refractivity (Wildman–Crippen MR) is 69.4 cm³/mol. The van der Waals surface area contributed by atoms with E-state index in [1.165, 1.54) is 0 Å². The van der Waals surface area contributed by atoms with Crippen molar-refractivity contribution in [3.8, 4) is 0 Å². The summed E-state index contributed by atoms with van der Waals surface area (Å²) in [5, 5.41) is 19.4. The maximum atomic E-state index is 11.3. The zero-order chi connectivity index (χ0) is 13.3. The average Bonchev–Trinajstić information content (AvgIpc) is 3.09. The molecule has 0 saturated heterocycles. The Morgan fingerprint density at radius 3 is 2.56 bits per heavy atom. The van der Waals surface area contributed by atoms with Gasteiger partial charge in [-0.3, -0.25) is 4.79 Å². The molecule has 0 spiro atoms. The fourth-order valence-corrected chi connectivity index (χ4v) is 2.38. The number of rotatable bonds is 5. The third-order valence-electron chi connectivity index (χ3n) is 3.68. The number of carbonyl (C=O) groups is 1. The minimum atomic E-state index is -0.752. The Hall–Kier alpha value is -1.35. The van der Waals surface area contributed by atoms with E-state index in [9.17, 15) is 15.0 Å². The molecule has 0 aromatic heterocycles. The van der Waals surface area contributed by atoms with Crippen LogP contribution >= 0.6 is 0 Å². The second-order valence-corrected chi connectivity index (χ2v) is 5.66. The van der Waals surface area contributed by atoms with E-state index in [4.69, 9.17) is 0 Å². The highest BCUT2D eigenvalue weighted by Crippen LogP contribution is 2.48. The van der Waals surface area contributed by atoms with Crippen LogP contribution in [-0.4, -0.2) is 16.2 Å². The predicted octanol–water partition coefficient (Wildman–Crippen LogP) is 2.88. The van der Waals surface area contributed by atoms with E-state index in [2.05, 4.69) is 13.8 Å². The maximum absolute atomic E-state index is 11.3. The summed E-state index contributed by atoms with van der Waals surface area (Å²) >= 11 is 0. The van der Waals surface area contributed by atoms with Crippen molar-refractivity contribution in [3.05, 3.63) is 35.4 Å². The Bertz CT molecular complexity index is 447. The van der Waals surface area contributed by atoms with Gasteiger partial charge in [-0.05, 0) is 36.3 Å². The van der Waals surface area contributed by atoms with Crippen LogP contribution in [0.5, 0.6) is 0 Å². The number of benzene rings is 1. The van der Waals surface area contributed by atoms with Crippen molar-refractivity contribution >= 4 is 5.97 Å². The summed E-state index contributed by atoms with van der Waals surface area (Å²) in [5.41, 5.74) is 0.970. The number of aliphatic hydroxyl groups excluding tert-OH is 1.